The molecule has 162 valence electrons. The molecule has 8 heteroatoms. The summed E-state index contributed by atoms with van der Waals surface area (Å²) in [6.07, 6.45) is 8.86. The van der Waals surface area contributed by atoms with E-state index < -0.39 is 0 Å². The Kier molecular flexibility index (Phi) is 6.45. The number of imidazole rings is 1. The number of aromatic nitrogens is 4. The summed E-state index contributed by atoms with van der Waals surface area (Å²) in [5.41, 5.74) is 1.94. The average Bonchev–Trinajstić information content (AvgIpc) is 3.33. The van der Waals surface area contributed by atoms with Crippen LogP contribution in [-0.4, -0.2) is 45.1 Å². The zero-order valence-electron chi connectivity index (χ0n) is 18.0. The number of carbonyl (C=O) groups excluding carboxylic acids is 1. The minimum Gasteiger partial charge on any atom is -0.497 e. The molecule has 1 fully saturated rings. The van der Waals surface area contributed by atoms with Crippen molar-refractivity contribution in [1.82, 2.24) is 24.8 Å². The summed E-state index contributed by atoms with van der Waals surface area (Å²) in [6.45, 7) is 3.36. The molecule has 3 heterocycles. The highest BCUT2D eigenvalue weighted by molar-refractivity contribution is 5.77. The van der Waals surface area contributed by atoms with Crippen LogP contribution in [0.2, 0.25) is 0 Å². The summed E-state index contributed by atoms with van der Waals surface area (Å²) in [4.78, 5) is 28.3. The van der Waals surface area contributed by atoms with E-state index in [0.29, 0.717) is 18.9 Å². The van der Waals surface area contributed by atoms with Crippen LogP contribution in [0.25, 0.3) is 5.95 Å². The van der Waals surface area contributed by atoms with E-state index in [2.05, 4.69) is 20.2 Å². The summed E-state index contributed by atoms with van der Waals surface area (Å²) >= 11 is 0. The van der Waals surface area contributed by atoms with Gasteiger partial charge in [0.05, 0.1) is 7.11 Å². The highest BCUT2D eigenvalue weighted by atomic mass is 16.5. The molecule has 1 aliphatic heterocycles. The van der Waals surface area contributed by atoms with Gasteiger partial charge in [-0.15, -0.1) is 0 Å². The zero-order valence-corrected chi connectivity index (χ0v) is 18.0. The van der Waals surface area contributed by atoms with Crippen molar-refractivity contribution in [1.29, 1.82) is 0 Å². The third-order valence-corrected chi connectivity index (χ3v) is 5.56. The van der Waals surface area contributed by atoms with Gasteiger partial charge in [0.2, 0.25) is 11.9 Å². The van der Waals surface area contributed by atoms with Crippen LogP contribution >= 0.6 is 0 Å². The van der Waals surface area contributed by atoms with Crippen molar-refractivity contribution in [2.45, 2.75) is 45.2 Å². The van der Waals surface area contributed by atoms with E-state index in [1.165, 1.54) is 0 Å². The Bertz CT molecular complexity index is 1000. The maximum absolute atomic E-state index is 12.7. The van der Waals surface area contributed by atoms with E-state index in [1.807, 2.05) is 43.5 Å². The second-order valence-corrected chi connectivity index (χ2v) is 7.81. The van der Waals surface area contributed by atoms with Gasteiger partial charge in [-0.25, -0.2) is 9.97 Å². The number of amides is 1. The van der Waals surface area contributed by atoms with Crippen molar-refractivity contribution in [2.75, 3.05) is 18.6 Å². The maximum atomic E-state index is 12.7. The van der Waals surface area contributed by atoms with Crippen LogP contribution in [-0.2, 0) is 11.3 Å². The van der Waals surface area contributed by atoms with Gasteiger partial charge in [-0.1, -0.05) is 12.1 Å². The first-order chi connectivity index (χ1) is 15.1. The molecular weight excluding hydrogens is 392 g/mol. The molecular formula is C23H28N6O2. The number of methoxy groups -OCH3 is 1. The molecule has 1 atom stereocenters. The van der Waals surface area contributed by atoms with Gasteiger partial charge in [-0.2, -0.15) is 4.98 Å². The molecule has 1 saturated heterocycles. The van der Waals surface area contributed by atoms with Gasteiger partial charge in [0, 0.05) is 49.7 Å². The van der Waals surface area contributed by atoms with E-state index in [1.54, 1.807) is 24.2 Å². The fraction of sp³-hybridized carbons (Fsp3) is 0.391. The van der Waals surface area contributed by atoms with Crippen LogP contribution < -0.4 is 15.0 Å². The second-order valence-electron chi connectivity index (χ2n) is 7.81. The SMILES string of the molecule is COc1ccc(CNC(=O)CC2CCCCN2c2cc(C)nc(-n3ccnc3)n2)cc1. The van der Waals surface area contributed by atoms with Gasteiger partial charge in [0.15, 0.2) is 0 Å². The normalized spacial score (nSPS) is 16.2. The highest BCUT2D eigenvalue weighted by Gasteiger charge is 2.26. The Morgan fingerprint density at radius 2 is 2.06 bits per heavy atom. The van der Waals surface area contributed by atoms with Gasteiger partial charge < -0.3 is 15.0 Å². The van der Waals surface area contributed by atoms with Gasteiger partial charge in [-0.3, -0.25) is 9.36 Å². The zero-order chi connectivity index (χ0) is 21.6. The quantitative estimate of drug-likeness (QED) is 0.632. The van der Waals surface area contributed by atoms with E-state index in [4.69, 9.17) is 9.72 Å². The third-order valence-electron chi connectivity index (χ3n) is 5.56. The van der Waals surface area contributed by atoms with E-state index >= 15 is 0 Å². The van der Waals surface area contributed by atoms with Crippen molar-refractivity contribution in [3.63, 3.8) is 0 Å². The number of nitrogens with zero attached hydrogens (tertiary/aromatic N) is 5. The van der Waals surface area contributed by atoms with Crippen LogP contribution in [0.3, 0.4) is 0 Å². The van der Waals surface area contributed by atoms with Crippen molar-refractivity contribution < 1.29 is 9.53 Å². The van der Waals surface area contributed by atoms with Crippen molar-refractivity contribution in [2.24, 2.45) is 0 Å². The molecule has 0 aliphatic carbocycles. The number of hydrogen-bond acceptors (Lipinski definition) is 6. The number of carbonyl (C=O) groups is 1. The van der Waals surface area contributed by atoms with E-state index in [0.717, 1.165) is 48.6 Å². The molecule has 31 heavy (non-hydrogen) atoms. The molecule has 0 spiro atoms. The summed E-state index contributed by atoms with van der Waals surface area (Å²) < 4.78 is 6.98. The number of aryl methyl sites for hydroxylation is 1. The fourth-order valence-electron chi connectivity index (χ4n) is 3.92. The molecule has 0 radical (unpaired) electrons. The molecule has 0 saturated carbocycles. The summed E-state index contributed by atoms with van der Waals surface area (Å²) in [5.74, 6) is 2.32. The summed E-state index contributed by atoms with van der Waals surface area (Å²) in [5, 5.41) is 3.05. The average molecular weight is 421 g/mol. The Morgan fingerprint density at radius 3 is 2.81 bits per heavy atom. The Morgan fingerprint density at radius 1 is 1.23 bits per heavy atom. The number of ether oxygens (including phenoxy) is 1. The third kappa shape index (κ3) is 5.20. The molecule has 1 unspecified atom stereocenters. The lowest BCUT2D eigenvalue weighted by molar-refractivity contribution is -0.121. The predicted octanol–water partition coefficient (Wildman–Crippen LogP) is 3.04. The number of piperidine rings is 1. The number of rotatable bonds is 7. The Balaban J connectivity index is 1.43. The van der Waals surface area contributed by atoms with Crippen LogP contribution in [0.15, 0.2) is 49.1 Å². The van der Waals surface area contributed by atoms with Gasteiger partial charge in [0.1, 0.15) is 17.9 Å². The summed E-state index contributed by atoms with van der Waals surface area (Å²) in [6, 6.07) is 9.85. The fourth-order valence-corrected chi connectivity index (χ4v) is 3.92. The molecule has 2 aromatic heterocycles. The first-order valence-electron chi connectivity index (χ1n) is 10.6. The van der Waals surface area contributed by atoms with Crippen molar-refractivity contribution in [3.05, 3.63) is 60.3 Å². The van der Waals surface area contributed by atoms with Crippen LogP contribution in [0.1, 0.15) is 36.9 Å². The second kappa shape index (κ2) is 9.59. The van der Waals surface area contributed by atoms with Crippen molar-refractivity contribution in [3.8, 4) is 11.7 Å². The van der Waals surface area contributed by atoms with E-state index in [9.17, 15) is 4.79 Å². The predicted molar refractivity (Wildman–Crippen MR) is 118 cm³/mol. The Hall–Kier alpha value is -3.42. The first-order valence-corrected chi connectivity index (χ1v) is 10.6. The smallest absolute Gasteiger partial charge is 0.237 e. The minimum atomic E-state index is 0.0494. The van der Waals surface area contributed by atoms with E-state index in [-0.39, 0.29) is 11.9 Å². The maximum Gasteiger partial charge on any atom is 0.237 e. The standard InChI is InChI=1S/C23H28N6O2/c1-17-13-21(27-23(26-17)28-12-10-24-16-28)29-11-4-3-5-19(29)14-22(30)25-15-18-6-8-20(31-2)9-7-18/h6-10,12-13,16,19H,3-5,11,14-15H2,1-2H3,(H,25,30). The topological polar surface area (TPSA) is 85.2 Å². The Labute approximate surface area is 182 Å². The molecule has 1 aliphatic rings. The lowest BCUT2D eigenvalue weighted by Gasteiger charge is -2.36. The van der Waals surface area contributed by atoms with Crippen LogP contribution in [0.4, 0.5) is 5.82 Å². The molecule has 1 amide bonds. The highest BCUT2D eigenvalue weighted by Crippen LogP contribution is 2.26. The van der Waals surface area contributed by atoms with Gasteiger partial charge in [0.25, 0.3) is 0 Å². The minimum absolute atomic E-state index is 0.0494. The molecule has 1 N–H and O–H groups in total. The molecule has 3 aromatic rings. The molecule has 1 aromatic carbocycles. The van der Waals surface area contributed by atoms with Gasteiger partial charge in [-0.05, 0) is 43.9 Å². The lowest BCUT2D eigenvalue weighted by atomic mass is 9.99. The number of nitrogens with one attached hydrogen (secondary N) is 1. The number of anilines is 1. The molecule has 4 rings (SSSR count). The first kappa shape index (κ1) is 20.8. The summed E-state index contributed by atoms with van der Waals surface area (Å²) in [7, 11) is 1.64. The van der Waals surface area contributed by atoms with Crippen LogP contribution in [0.5, 0.6) is 5.75 Å². The van der Waals surface area contributed by atoms with Crippen molar-refractivity contribution >= 4 is 11.7 Å². The van der Waals surface area contributed by atoms with Gasteiger partial charge >= 0.3 is 0 Å². The monoisotopic (exact) mass is 420 g/mol. The number of benzene rings is 1. The number of hydrogen-bond donors (Lipinski definition) is 1. The lowest BCUT2D eigenvalue weighted by Crippen LogP contribution is -2.43. The largest absolute Gasteiger partial charge is 0.497 e. The molecule has 8 nitrogen and oxygen atoms in total. The molecule has 0 bridgehead atoms. The van der Waals surface area contributed by atoms with Crippen LogP contribution in [0, 0.1) is 6.92 Å².